The van der Waals surface area contributed by atoms with E-state index in [0.717, 1.165) is 0 Å². The van der Waals surface area contributed by atoms with Crippen molar-refractivity contribution in [1.82, 2.24) is 0 Å². The summed E-state index contributed by atoms with van der Waals surface area (Å²) in [5, 5.41) is 11.1. The molecule has 1 aliphatic heterocycles. The molecule has 0 radical (unpaired) electrons. The predicted molar refractivity (Wildman–Crippen MR) is 111 cm³/mol. The Kier molecular flexibility index (Phi) is 6.23. The Hall–Kier alpha value is -2.55. The van der Waals surface area contributed by atoms with E-state index in [2.05, 4.69) is 0 Å². The molecule has 0 N–H and O–H groups in total. The second-order valence-electron chi connectivity index (χ2n) is 5.57. The number of thioether (sulfide) groups is 1. The molecule has 9 heteroatoms. The Morgan fingerprint density at radius 1 is 1.29 bits per heavy atom. The van der Waals surface area contributed by atoms with Crippen LogP contribution in [0.15, 0.2) is 47.4 Å². The lowest BCUT2D eigenvalue weighted by Gasteiger charge is -2.14. The summed E-state index contributed by atoms with van der Waals surface area (Å²) in [7, 11) is 1.43. The Morgan fingerprint density at radius 3 is 2.75 bits per heavy atom. The average molecular weight is 435 g/mol. The van der Waals surface area contributed by atoms with Gasteiger partial charge in [-0.05, 0) is 42.0 Å². The van der Waals surface area contributed by atoms with Gasteiger partial charge in [0.1, 0.15) is 6.61 Å². The van der Waals surface area contributed by atoms with E-state index < -0.39 is 12.6 Å². The molecule has 0 saturated carbocycles. The van der Waals surface area contributed by atoms with Crippen molar-refractivity contribution >= 4 is 63.5 Å². The smallest absolute Gasteiger partial charge is 0.270 e. The minimum Gasteiger partial charge on any atom is -0.546 e. The van der Waals surface area contributed by atoms with Gasteiger partial charge >= 0.3 is 0 Å². The average Bonchev–Trinajstić information content (AvgIpc) is 2.93. The maximum absolute atomic E-state index is 12.8. The number of hydrogen-bond donors (Lipinski definition) is 0. The zero-order valence-corrected chi connectivity index (χ0v) is 16.9. The van der Waals surface area contributed by atoms with Gasteiger partial charge in [0.25, 0.3) is 5.91 Å². The van der Waals surface area contributed by atoms with Gasteiger partial charge in [-0.2, -0.15) is 0 Å². The van der Waals surface area contributed by atoms with Crippen LogP contribution < -0.4 is 19.5 Å². The topological polar surface area (TPSA) is 78.9 Å². The number of amides is 1. The first-order chi connectivity index (χ1) is 13.4. The number of carboxylic acid groups (broad SMARTS) is 1. The number of nitrogens with zero attached hydrogens (tertiary/aromatic N) is 1. The van der Waals surface area contributed by atoms with Crippen molar-refractivity contribution in [3.05, 3.63) is 58.0 Å². The maximum Gasteiger partial charge on any atom is 0.270 e. The zero-order valence-electron chi connectivity index (χ0n) is 14.5. The van der Waals surface area contributed by atoms with Crippen LogP contribution >= 0.6 is 35.6 Å². The lowest BCUT2D eigenvalue weighted by Crippen LogP contribution is -2.29. The summed E-state index contributed by atoms with van der Waals surface area (Å²) in [5.74, 6) is -1.00. The number of rotatable bonds is 6. The summed E-state index contributed by atoms with van der Waals surface area (Å²) in [6.45, 7) is -0.589. The monoisotopic (exact) mass is 434 g/mol. The molecule has 28 heavy (non-hydrogen) atoms. The number of carbonyl (C=O) groups excluding carboxylic acids is 2. The number of carbonyl (C=O) groups is 2. The third-order valence-corrected chi connectivity index (χ3v) is 5.23. The van der Waals surface area contributed by atoms with Gasteiger partial charge in [-0.15, -0.1) is 0 Å². The highest BCUT2D eigenvalue weighted by Crippen LogP contribution is 2.37. The van der Waals surface area contributed by atoms with Crippen LogP contribution in [0.5, 0.6) is 11.5 Å². The van der Waals surface area contributed by atoms with Gasteiger partial charge in [0, 0.05) is 5.02 Å². The van der Waals surface area contributed by atoms with Gasteiger partial charge in [-0.1, -0.05) is 47.7 Å². The Balaban J connectivity index is 1.86. The fourth-order valence-corrected chi connectivity index (χ4v) is 3.97. The van der Waals surface area contributed by atoms with E-state index in [9.17, 15) is 14.7 Å². The van der Waals surface area contributed by atoms with E-state index in [-0.39, 0.29) is 11.7 Å². The van der Waals surface area contributed by atoms with Gasteiger partial charge in [0.05, 0.1) is 23.7 Å². The van der Waals surface area contributed by atoms with Crippen molar-refractivity contribution in [2.24, 2.45) is 0 Å². The van der Waals surface area contributed by atoms with E-state index in [4.69, 9.17) is 33.3 Å². The summed E-state index contributed by atoms with van der Waals surface area (Å²) in [5.41, 5.74) is 1.27. The Labute approximate surface area is 175 Å². The predicted octanol–water partition coefficient (Wildman–Crippen LogP) is 2.88. The van der Waals surface area contributed by atoms with E-state index >= 15 is 0 Å². The molecule has 0 aromatic heterocycles. The molecule has 0 spiro atoms. The number of anilines is 1. The number of halogens is 1. The molecule has 144 valence electrons. The highest BCUT2D eigenvalue weighted by Gasteiger charge is 2.33. The third kappa shape index (κ3) is 4.46. The van der Waals surface area contributed by atoms with Crippen LogP contribution in [-0.4, -0.2) is 29.9 Å². The number of hydrogen-bond acceptors (Lipinski definition) is 7. The van der Waals surface area contributed by atoms with Crippen LogP contribution in [0.25, 0.3) is 6.08 Å². The second kappa shape index (κ2) is 8.64. The van der Waals surface area contributed by atoms with Crippen LogP contribution in [0.1, 0.15) is 5.56 Å². The number of ether oxygens (including phenoxy) is 2. The van der Waals surface area contributed by atoms with Crippen LogP contribution in [0.2, 0.25) is 5.02 Å². The van der Waals surface area contributed by atoms with E-state index in [1.165, 1.54) is 23.8 Å². The molecular formula is C19H13ClNO5S2-. The highest BCUT2D eigenvalue weighted by atomic mass is 35.5. The Morgan fingerprint density at radius 2 is 2.07 bits per heavy atom. The largest absolute Gasteiger partial charge is 0.546 e. The molecule has 1 amide bonds. The minimum absolute atomic E-state index is 0.256. The molecule has 3 rings (SSSR count). The highest BCUT2D eigenvalue weighted by molar-refractivity contribution is 8.27. The van der Waals surface area contributed by atoms with Crippen LogP contribution in [-0.2, 0) is 9.59 Å². The standard InChI is InChI=1S/C19H14ClNO5S2/c1-25-15-7-11(5-6-14(15)26-10-17(22)23)8-16-18(24)21(19(27)28-16)13-4-2-3-12(20)9-13/h2-9H,10H2,1H3,(H,22,23)/p-1/b16-8+. The first-order valence-electron chi connectivity index (χ1n) is 7.93. The third-order valence-electron chi connectivity index (χ3n) is 3.69. The second-order valence-corrected chi connectivity index (χ2v) is 7.68. The summed E-state index contributed by atoms with van der Waals surface area (Å²) < 4.78 is 10.7. The Bertz CT molecular complexity index is 992. The quantitative estimate of drug-likeness (QED) is 0.511. The number of aliphatic carboxylic acids is 1. The molecule has 0 bridgehead atoms. The van der Waals surface area contributed by atoms with Gasteiger partial charge in [0.15, 0.2) is 15.8 Å². The SMILES string of the molecule is COc1cc(/C=C2/SC(=S)N(c3cccc(Cl)c3)C2=O)ccc1OCC(=O)[O-]. The van der Waals surface area contributed by atoms with Crippen LogP contribution in [0, 0.1) is 0 Å². The van der Waals surface area contributed by atoms with Gasteiger partial charge in [-0.3, -0.25) is 9.69 Å². The van der Waals surface area contributed by atoms with Crippen molar-refractivity contribution in [2.75, 3.05) is 18.6 Å². The van der Waals surface area contributed by atoms with Crippen LogP contribution in [0.3, 0.4) is 0 Å². The molecule has 0 atom stereocenters. The molecule has 0 unspecified atom stereocenters. The number of benzene rings is 2. The lowest BCUT2D eigenvalue weighted by molar-refractivity contribution is -0.307. The van der Waals surface area contributed by atoms with Crippen molar-refractivity contribution < 1.29 is 24.2 Å². The summed E-state index contributed by atoms with van der Waals surface area (Å²) in [6.07, 6.45) is 1.68. The van der Waals surface area contributed by atoms with E-state index in [1.54, 1.807) is 48.5 Å². The molecule has 1 heterocycles. The number of carboxylic acids is 1. The van der Waals surface area contributed by atoms with Crippen molar-refractivity contribution in [2.45, 2.75) is 0 Å². The lowest BCUT2D eigenvalue weighted by atomic mass is 10.2. The van der Waals surface area contributed by atoms with Crippen molar-refractivity contribution in [1.29, 1.82) is 0 Å². The van der Waals surface area contributed by atoms with Crippen molar-refractivity contribution in [3.8, 4) is 11.5 Å². The fourth-order valence-electron chi connectivity index (χ4n) is 2.49. The first-order valence-corrected chi connectivity index (χ1v) is 9.53. The zero-order chi connectivity index (χ0) is 20.3. The molecule has 1 aliphatic rings. The minimum atomic E-state index is -1.34. The van der Waals surface area contributed by atoms with Gasteiger partial charge in [-0.25, -0.2) is 0 Å². The molecule has 1 fully saturated rings. The first kappa shape index (κ1) is 20.2. The molecule has 2 aromatic rings. The normalized spacial score (nSPS) is 15.2. The van der Waals surface area contributed by atoms with E-state index in [0.29, 0.717) is 31.2 Å². The molecule has 0 aliphatic carbocycles. The summed E-state index contributed by atoms with van der Waals surface area (Å²) >= 11 is 12.5. The van der Waals surface area contributed by atoms with Gasteiger partial charge < -0.3 is 19.4 Å². The molecule has 6 nitrogen and oxygen atoms in total. The summed E-state index contributed by atoms with van der Waals surface area (Å²) in [4.78, 5) is 25.2. The van der Waals surface area contributed by atoms with Crippen LogP contribution in [0.4, 0.5) is 5.69 Å². The van der Waals surface area contributed by atoms with E-state index in [1.807, 2.05) is 0 Å². The number of methoxy groups -OCH3 is 1. The number of thiocarbonyl (C=S) groups is 1. The van der Waals surface area contributed by atoms with Gasteiger partial charge in [0.2, 0.25) is 0 Å². The van der Waals surface area contributed by atoms with Crippen molar-refractivity contribution in [3.63, 3.8) is 0 Å². The fraction of sp³-hybridized carbons (Fsp3) is 0.105. The molecular weight excluding hydrogens is 422 g/mol. The molecule has 1 saturated heterocycles. The molecule has 2 aromatic carbocycles. The maximum atomic E-state index is 12.8. The summed E-state index contributed by atoms with van der Waals surface area (Å²) in [6, 6.07) is 11.8.